The summed E-state index contributed by atoms with van der Waals surface area (Å²) in [4.78, 5) is 41.3. The van der Waals surface area contributed by atoms with E-state index in [0.717, 1.165) is 32.9 Å². The van der Waals surface area contributed by atoms with Gasteiger partial charge in [-0.3, -0.25) is 19.4 Å². The molecule has 3 atom stereocenters. The Bertz CT molecular complexity index is 1530. The number of anilines is 1. The van der Waals surface area contributed by atoms with Crippen LogP contribution in [0.4, 0.5) is 5.69 Å². The number of hydrogen-bond donors (Lipinski definition) is 0. The van der Waals surface area contributed by atoms with Gasteiger partial charge in [-0.05, 0) is 49.2 Å². The molecule has 0 saturated carbocycles. The van der Waals surface area contributed by atoms with Crippen LogP contribution in [-0.4, -0.2) is 59.2 Å². The number of fused-ring (bicyclic) bond motifs is 1. The number of imide groups is 1. The SMILES string of the molecule is COc1ccc([C@@H]2CC(c3ccc(C)cc3)=NN2C(=O)CN2N=N[C@@H]3C(=O)N(c4ccc(C)cc4)C(=O)[C@H]32)cc1. The lowest BCUT2D eigenvalue weighted by atomic mass is 9.98. The molecule has 10 nitrogen and oxygen atoms in total. The van der Waals surface area contributed by atoms with E-state index in [-0.39, 0.29) is 18.5 Å². The molecule has 3 amide bonds. The van der Waals surface area contributed by atoms with Crippen LogP contribution >= 0.6 is 0 Å². The Morgan fingerprint density at radius 2 is 1.55 bits per heavy atom. The van der Waals surface area contributed by atoms with E-state index in [0.29, 0.717) is 17.9 Å². The highest BCUT2D eigenvalue weighted by molar-refractivity contribution is 6.25. The first-order valence-corrected chi connectivity index (χ1v) is 13.1. The van der Waals surface area contributed by atoms with Gasteiger partial charge in [0.15, 0.2) is 12.1 Å². The number of rotatable bonds is 6. The number of methoxy groups -OCH3 is 1. The summed E-state index contributed by atoms with van der Waals surface area (Å²) in [6.07, 6.45) is 0.521. The normalized spacial score (nSPS) is 21.7. The zero-order valence-corrected chi connectivity index (χ0v) is 22.4. The van der Waals surface area contributed by atoms with Crippen LogP contribution in [0.25, 0.3) is 0 Å². The number of hydrazone groups is 1. The molecule has 0 bridgehead atoms. The van der Waals surface area contributed by atoms with E-state index in [4.69, 9.17) is 9.84 Å². The summed E-state index contributed by atoms with van der Waals surface area (Å²) in [6, 6.07) is 20.4. The lowest BCUT2D eigenvalue weighted by molar-refractivity contribution is -0.135. The number of ether oxygens (including phenoxy) is 1. The van der Waals surface area contributed by atoms with Crippen molar-refractivity contribution < 1.29 is 19.1 Å². The van der Waals surface area contributed by atoms with Crippen molar-refractivity contribution in [1.82, 2.24) is 10.0 Å². The fourth-order valence-corrected chi connectivity index (χ4v) is 5.26. The van der Waals surface area contributed by atoms with E-state index < -0.39 is 23.9 Å². The van der Waals surface area contributed by atoms with Crippen molar-refractivity contribution in [3.8, 4) is 5.75 Å². The van der Waals surface area contributed by atoms with Crippen LogP contribution in [-0.2, 0) is 14.4 Å². The third-order valence-electron chi connectivity index (χ3n) is 7.50. The molecule has 0 unspecified atom stereocenters. The van der Waals surface area contributed by atoms with Crippen molar-refractivity contribution in [2.45, 2.75) is 38.4 Å². The number of amides is 3. The standard InChI is InChI=1S/C30H28N6O4/c1-18-4-8-20(9-5-18)24-16-25(21-10-14-23(40-3)15-11-21)36(32-24)26(37)17-34-28-27(31-33-34)29(38)35(30(28)39)22-12-6-19(2)7-13-22/h4-15,25,27-28H,16-17H2,1-3H3/t25-,27-,28-/m0/s1. The van der Waals surface area contributed by atoms with Crippen LogP contribution in [0.2, 0.25) is 0 Å². The van der Waals surface area contributed by atoms with Crippen molar-refractivity contribution in [3.63, 3.8) is 0 Å². The Kier molecular flexibility index (Phi) is 6.37. The van der Waals surface area contributed by atoms with Crippen LogP contribution < -0.4 is 9.64 Å². The molecule has 40 heavy (non-hydrogen) atoms. The van der Waals surface area contributed by atoms with Gasteiger partial charge in [-0.1, -0.05) is 64.9 Å². The van der Waals surface area contributed by atoms with Gasteiger partial charge in [0.1, 0.15) is 12.3 Å². The largest absolute Gasteiger partial charge is 0.497 e. The Morgan fingerprint density at radius 3 is 2.20 bits per heavy atom. The fourth-order valence-electron chi connectivity index (χ4n) is 5.26. The number of carbonyl (C=O) groups excluding carboxylic acids is 3. The molecule has 0 N–H and O–H groups in total. The molecule has 1 fully saturated rings. The molecule has 0 aliphatic carbocycles. The topological polar surface area (TPSA) is 107 Å². The number of hydrogen-bond acceptors (Lipinski definition) is 8. The second-order valence-electron chi connectivity index (χ2n) is 10.2. The van der Waals surface area contributed by atoms with Crippen LogP contribution in [0, 0.1) is 13.8 Å². The van der Waals surface area contributed by atoms with E-state index in [1.54, 1.807) is 19.2 Å². The van der Waals surface area contributed by atoms with Crippen LogP contribution in [0.3, 0.4) is 0 Å². The smallest absolute Gasteiger partial charge is 0.264 e. The summed E-state index contributed by atoms with van der Waals surface area (Å²) in [5.41, 5.74) is 5.24. The monoisotopic (exact) mass is 536 g/mol. The van der Waals surface area contributed by atoms with Crippen molar-refractivity contribution in [2.24, 2.45) is 15.4 Å². The summed E-state index contributed by atoms with van der Waals surface area (Å²) >= 11 is 0. The molecule has 10 heteroatoms. The van der Waals surface area contributed by atoms with Gasteiger partial charge in [0, 0.05) is 6.42 Å². The Balaban J connectivity index is 1.26. The van der Waals surface area contributed by atoms with Gasteiger partial charge in [-0.2, -0.15) is 10.2 Å². The Morgan fingerprint density at radius 1 is 0.900 bits per heavy atom. The summed E-state index contributed by atoms with van der Waals surface area (Å²) < 4.78 is 5.30. The number of benzene rings is 3. The molecule has 3 heterocycles. The quantitative estimate of drug-likeness (QED) is 0.443. The number of aryl methyl sites for hydroxylation is 2. The second-order valence-corrected chi connectivity index (χ2v) is 10.2. The molecule has 202 valence electrons. The maximum absolute atomic E-state index is 13.7. The van der Waals surface area contributed by atoms with Crippen molar-refractivity contribution >= 4 is 29.1 Å². The maximum Gasteiger partial charge on any atom is 0.264 e. The van der Waals surface area contributed by atoms with Gasteiger partial charge in [0.2, 0.25) is 0 Å². The van der Waals surface area contributed by atoms with E-state index in [1.807, 2.05) is 74.5 Å². The molecule has 0 radical (unpaired) electrons. The van der Waals surface area contributed by atoms with Crippen molar-refractivity contribution in [3.05, 3.63) is 95.1 Å². The lowest BCUT2D eigenvalue weighted by Gasteiger charge is -2.25. The van der Waals surface area contributed by atoms with E-state index in [9.17, 15) is 14.4 Å². The minimum absolute atomic E-state index is 0.247. The predicted octanol–water partition coefficient (Wildman–Crippen LogP) is 3.98. The molecule has 3 aromatic rings. The predicted molar refractivity (Wildman–Crippen MR) is 148 cm³/mol. The molecule has 0 spiro atoms. The minimum Gasteiger partial charge on any atom is -0.497 e. The number of carbonyl (C=O) groups is 3. The first kappa shape index (κ1) is 25.4. The average Bonchev–Trinajstić information content (AvgIpc) is 3.65. The van der Waals surface area contributed by atoms with E-state index in [1.165, 1.54) is 10.0 Å². The van der Waals surface area contributed by atoms with E-state index >= 15 is 0 Å². The highest BCUT2D eigenvalue weighted by atomic mass is 16.5. The molecule has 3 aliphatic rings. The number of nitrogens with zero attached hydrogens (tertiary/aromatic N) is 6. The van der Waals surface area contributed by atoms with Gasteiger partial charge >= 0.3 is 0 Å². The third-order valence-corrected chi connectivity index (χ3v) is 7.50. The highest BCUT2D eigenvalue weighted by Crippen LogP contribution is 2.36. The van der Waals surface area contributed by atoms with Crippen LogP contribution in [0.1, 0.15) is 34.7 Å². The summed E-state index contributed by atoms with van der Waals surface area (Å²) in [5, 5.41) is 15.6. The molecule has 6 rings (SSSR count). The average molecular weight is 537 g/mol. The highest BCUT2D eigenvalue weighted by Gasteiger charge is 2.55. The van der Waals surface area contributed by atoms with Gasteiger partial charge in [0.05, 0.1) is 24.6 Å². The zero-order valence-electron chi connectivity index (χ0n) is 22.4. The van der Waals surface area contributed by atoms with Crippen LogP contribution in [0.5, 0.6) is 5.75 Å². The van der Waals surface area contributed by atoms with Gasteiger partial charge in [0.25, 0.3) is 17.7 Å². The summed E-state index contributed by atoms with van der Waals surface area (Å²) in [6.45, 7) is 3.70. The Hall–Kier alpha value is -4.86. The third kappa shape index (κ3) is 4.41. The summed E-state index contributed by atoms with van der Waals surface area (Å²) in [7, 11) is 1.60. The van der Waals surface area contributed by atoms with Crippen molar-refractivity contribution in [1.29, 1.82) is 0 Å². The fraction of sp³-hybridized carbons (Fsp3) is 0.267. The molecular weight excluding hydrogens is 508 g/mol. The van der Waals surface area contributed by atoms with Crippen molar-refractivity contribution in [2.75, 3.05) is 18.6 Å². The molecule has 3 aliphatic heterocycles. The zero-order chi connectivity index (χ0) is 28.0. The molecule has 0 aromatic heterocycles. The molecular formula is C30H28N6O4. The van der Waals surface area contributed by atoms with Gasteiger partial charge in [-0.25, -0.2) is 9.91 Å². The van der Waals surface area contributed by atoms with E-state index in [2.05, 4.69) is 10.3 Å². The van der Waals surface area contributed by atoms with Crippen LogP contribution in [0.15, 0.2) is 88.2 Å². The maximum atomic E-state index is 13.7. The second kappa shape index (κ2) is 10.0. The molecule has 3 aromatic carbocycles. The first-order chi connectivity index (χ1) is 19.3. The minimum atomic E-state index is -0.982. The summed E-state index contributed by atoms with van der Waals surface area (Å²) in [5.74, 6) is -0.537. The van der Waals surface area contributed by atoms with Gasteiger partial charge in [-0.15, -0.1) is 0 Å². The van der Waals surface area contributed by atoms with Gasteiger partial charge < -0.3 is 4.74 Å². The first-order valence-electron chi connectivity index (χ1n) is 13.1. The molecule has 1 saturated heterocycles. The lowest BCUT2D eigenvalue weighted by Crippen LogP contribution is -2.44. The Labute approximate surface area is 231 Å².